The van der Waals surface area contributed by atoms with Gasteiger partial charge in [-0.05, 0) is 111 Å². The van der Waals surface area contributed by atoms with Gasteiger partial charge in [0.05, 0.1) is 25.3 Å². The van der Waals surface area contributed by atoms with Crippen LogP contribution in [0.2, 0.25) is 0 Å². The number of piperidine rings is 1. The zero-order chi connectivity index (χ0) is 26.4. The molecular weight excluding hydrogens is 481 g/mol. The van der Waals surface area contributed by atoms with Crippen molar-refractivity contribution < 1.29 is 28.1 Å². The summed E-state index contributed by atoms with van der Waals surface area (Å²) in [6.45, 7) is 1.54. The number of nitrogens with one attached hydrogen (secondary N) is 1. The highest BCUT2D eigenvalue weighted by Gasteiger charge is 2.22. The van der Waals surface area contributed by atoms with E-state index in [2.05, 4.69) is 10.3 Å². The van der Waals surface area contributed by atoms with Crippen molar-refractivity contribution in [2.24, 2.45) is 5.92 Å². The first-order valence-electron chi connectivity index (χ1n) is 13.0. The normalized spacial score (nSPS) is 15.3. The van der Waals surface area contributed by atoms with Gasteiger partial charge in [0.2, 0.25) is 0 Å². The molecule has 2 heterocycles. The van der Waals surface area contributed by atoms with Crippen LogP contribution >= 0.6 is 0 Å². The van der Waals surface area contributed by atoms with E-state index < -0.39 is 23.6 Å². The van der Waals surface area contributed by atoms with Gasteiger partial charge in [0.15, 0.2) is 11.6 Å². The van der Waals surface area contributed by atoms with E-state index in [0.717, 1.165) is 48.5 Å². The average molecular weight is 517 g/mol. The maximum absolute atomic E-state index is 14.9. The van der Waals surface area contributed by atoms with Gasteiger partial charge >= 0.3 is 0 Å². The van der Waals surface area contributed by atoms with Gasteiger partial charge in [0, 0.05) is 17.1 Å². The van der Waals surface area contributed by atoms with Crippen molar-refractivity contribution in [2.75, 3.05) is 20.2 Å². The summed E-state index contributed by atoms with van der Waals surface area (Å²) in [6, 6.07) is 6.53. The largest absolute Gasteiger partial charge is 0.497 e. The van der Waals surface area contributed by atoms with Gasteiger partial charge < -0.3 is 20.3 Å². The van der Waals surface area contributed by atoms with Crippen LogP contribution in [0.4, 0.5) is 13.2 Å². The molecule has 4 rings (SSSR count). The third kappa shape index (κ3) is 6.43. The van der Waals surface area contributed by atoms with Crippen molar-refractivity contribution in [2.45, 2.75) is 64.1 Å². The van der Waals surface area contributed by atoms with E-state index in [1.165, 1.54) is 0 Å². The Hall–Kier alpha value is -2.68. The summed E-state index contributed by atoms with van der Waals surface area (Å²) in [7, 11) is 1.56. The summed E-state index contributed by atoms with van der Waals surface area (Å²) >= 11 is 0. The maximum atomic E-state index is 14.9. The number of pyridine rings is 1. The topological polar surface area (TPSA) is 74.6 Å². The maximum Gasteiger partial charge on any atom is 0.165 e. The Bertz CT molecular complexity index is 1210. The first-order valence-corrected chi connectivity index (χ1v) is 13.0. The number of aromatic nitrogens is 1. The van der Waals surface area contributed by atoms with Gasteiger partial charge in [-0.25, -0.2) is 13.2 Å². The summed E-state index contributed by atoms with van der Waals surface area (Å²) in [4.78, 5) is 4.36. The van der Waals surface area contributed by atoms with Crippen molar-refractivity contribution in [3.8, 4) is 5.75 Å². The van der Waals surface area contributed by atoms with Crippen LogP contribution in [-0.4, -0.2) is 41.5 Å². The van der Waals surface area contributed by atoms with Crippen molar-refractivity contribution in [1.82, 2.24) is 10.3 Å². The zero-order valence-corrected chi connectivity index (χ0v) is 21.2. The first kappa shape index (κ1) is 27.4. The molecule has 0 saturated carbocycles. The standard InChI is InChI=1S/C29H35F3N2O3/c1-37-21-8-9-26-24(15-21)22(20(17-35)16-34-26)5-3-6-23-25(30)14-19(28(31)29(23)32)4-2-7-27(36)18-10-12-33-13-11-18/h8-9,14-16,18,27,33,35-36H,2-7,10-13,17H2,1H3. The van der Waals surface area contributed by atoms with Crippen LogP contribution in [0.15, 0.2) is 30.5 Å². The van der Waals surface area contributed by atoms with Crippen LogP contribution in [-0.2, 0) is 25.9 Å². The molecule has 3 N–H and O–H groups in total. The summed E-state index contributed by atoms with van der Waals surface area (Å²) in [5.41, 5.74) is 1.93. The number of halogens is 3. The van der Waals surface area contributed by atoms with Crippen LogP contribution in [0.3, 0.4) is 0 Å². The molecule has 0 amide bonds. The van der Waals surface area contributed by atoms with Gasteiger partial charge in [-0.1, -0.05) is 0 Å². The van der Waals surface area contributed by atoms with Gasteiger partial charge in [-0.15, -0.1) is 0 Å². The molecule has 3 aromatic rings. The van der Waals surface area contributed by atoms with Crippen LogP contribution in [0.25, 0.3) is 10.9 Å². The minimum atomic E-state index is -1.14. The Morgan fingerprint density at radius 3 is 2.49 bits per heavy atom. The molecule has 0 aliphatic carbocycles. The van der Waals surface area contributed by atoms with Gasteiger partial charge in [0.25, 0.3) is 0 Å². The molecule has 1 fully saturated rings. The monoisotopic (exact) mass is 516 g/mol. The molecule has 1 unspecified atom stereocenters. The molecule has 0 radical (unpaired) electrons. The molecule has 37 heavy (non-hydrogen) atoms. The van der Waals surface area contributed by atoms with Crippen molar-refractivity contribution in [3.05, 3.63) is 70.2 Å². The number of methoxy groups -OCH3 is 1. The molecule has 0 spiro atoms. The number of benzene rings is 2. The number of ether oxygens (including phenoxy) is 1. The second-order valence-corrected chi connectivity index (χ2v) is 9.83. The molecule has 8 heteroatoms. The van der Waals surface area contributed by atoms with E-state index in [1.54, 1.807) is 19.4 Å². The summed E-state index contributed by atoms with van der Waals surface area (Å²) in [5, 5.41) is 24.3. The number of rotatable bonds is 11. The van der Waals surface area contributed by atoms with Crippen molar-refractivity contribution in [3.63, 3.8) is 0 Å². The Kier molecular flexibility index (Phi) is 9.40. The van der Waals surface area contributed by atoms with Crippen LogP contribution in [0, 0.1) is 23.4 Å². The lowest BCUT2D eigenvalue weighted by molar-refractivity contribution is 0.0792. The van der Waals surface area contributed by atoms with Crippen LogP contribution < -0.4 is 10.1 Å². The molecule has 1 atom stereocenters. The van der Waals surface area contributed by atoms with E-state index in [0.29, 0.717) is 37.0 Å². The number of fused-ring (bicyclic) bond motifs is 1. The summed E-state index contributed by atoms with van der Waals surface area (Å²) < 4.78 is 49.9. The van der Waals surface area contributed by atoms with Gasteiger partial charge in [-0.3, -0.25) is 4.98 Å². The number of aryl methyl sites for hydroxylation is 2. The predicted molar refractivity (Wildman–Crippen MR) is 137 cm³/mol. The lowest BCUT2D eigenvalue weighted by Gasteiger charge is -2.27. The Morgan fingerprint density at radius 1 is 1.00 bits per heavy atom. The highest BCUT2D eigenvalue weighted by atomic mass is 19.2. The Labute approximate surface area is 215 Å². The fourth-order valence-electron chi connectivity index (χ4n) is 5.33. The molecular formula is C29H35F3N2O3. The molecule has 1 aliphatic heterocycles. The second-order valence-electron chi connectivity index (χ2n) is 9.83. The molecule has 2 aromatic carbocycles. The van der Waals surface area contributed by atoms with E-state index in [4.69, 9.17) is 4.74 Å². The van der Waals surface area contributed by atoms with Crippen molar-refractivity contribution >= 4 is 10.9 Å². The highest BCUT2D eigenvalue weighted by Crippen LogP contribution is 2.28. The van der Waals surface area contributed by atoms with E-state index in [-0.39, 0.29) is 36.5 Å². The van der Waals surface area contributed by atoms with Crippen molar-refractivity contribution in [1.29, 1.82) is 0 Å². The lowest BCUT2D eigenvalue weighted by Crippen LogP contribution is -2.34. The smallest absolute Gasteiger partial charge is 0.165 e. The molecule has 1 aromatic heterocycles. The van der Waals surface area contributed by atoms with Gasteiger partial charge in [0.1, 0.15) is 11.6 Å². The van der Waals surface area contributed by atoms with Gasteiger partial charge in [-0.2, -0.15) is 0 Å². The Balaban J connectivity index is 1.41. The number of hydrogen-bond donors (Lipinski definition) is 3. The second kappa shape index (κ2) is 12.7. The van der Waals surface area contributed by atoms with Crippen LogP contribution in [0.5, 0.6) is 5.75 Å². The minimum Gasteiger partial charge on any atom is -0.497 e. The summed E-state index contributed by atoms with van der Waals surface area (Å²) in [5.74, 6) is -2.05. The van der Waals surface area contributed by atoms with E-state index in [9.17, 15) is 23.4 Å². The number of aliphatic hydroxyl groups excluding tert-OH is 2. The third-order valence-electron chi connectivity index (χ3n) is 7.50. The zero-order valence-electron chi connectivity index (χ0n) is 21.2. The summed E-state index contributed by atoms with van der Waals surface area (Å²) in [6.07, 6.45) is 4.84. The molecule has 200 valence electrons. The fourth-order valence-corrected chi connectivity index (χ4v) is 5.33. The molecule has 5 nitrogen and oxygen atoms in total. The molecule has 0 bridgehead atoms. The molecule has 1 saturated heterocycles. The molecule has 1 aliphatic rings. The number of hydrogen-bond acceptors (Lipinski definition) is 5. The third-order valence-corrected chi connectivity index (χ3v) is 7.50. The minimum absolute atomic E-state index is 0.00560. The van der Waals surface area contributed by atoms with E-state index in [1.807, 2.05) is 12.1 Å². The highest BCUT2D eigenvalue weighted by molar-refractivity contribution is 5.84. The predicted octanol–water partition coefficient (Wildman–Crippen LogP) is 5.01. The number of nitrogens with zero attached hydrogens (tertiary/aromatic N) is 1. The lowest BCUT2D eigenvalue weighted by atomic mass is 9.89. The SMILES string of the molecule is COc1ccc2ncc(CO)c(CCCc3c(F)cc(CCCC(O)C4CCNCC4)c(F)c3F)c2c1. The van der Waals surface area contributed by atoms with E-state index >= 15 is 0 Å². The first-order chi connectivity index (χ1) is 17.9. The quantitative estimate of drug-likeness (QED) is 0.313. The van der Waals surface area contributed by atoms with Crippen LogP contribution in [0.1, 0.15) is 54.4 Å². The fraction of sp³-hybridized carbons (Fsp3) is 0.483. The Morgan fingerprint density at radius 2 is 1.76 bits per heavy atom. The average Bonchev–Trinajstić information content (AvgIpc) is 2.93. The number of aliphatic hydroxyl groups is 2.